The predicted octanol–water partition coefficient (Wildman–Crippen LogP) is 2.08. The van der Waals surface area contributed by atoms with E-state index in [1.807, 2.05) is 0 Å². The van der Waals surface area contributed by atoms with Crippen LogP contribution in [0.15, 0.2) is 0 Å². The smallest absolute Gasteiger partial charge is 0.305 e. The largest absolute Gasteiger partial charge is 0.481 e. The number of aromatic nitrogens is 4. The van der Waals surface area contributed by atoms with Crippen LogP contribution >= 0.6 is 0 Å². The Kier molecular flexibility index (Phi) is 3.87. The first-order valence-electron chi connectivity index (χ1n) is 6.84. The van der Waals surface area contributed by atoms with Crippen molar-refractivity contribution in [2.24, 2.45) is 11.3 Å². The molecule has 0 saturated heterocycles. The van der Waals surface area contributed by atoms with Crippen LogP contribution in [0.2, 0.25) is 0 Å². The van der Waals surface area contributed by atoms with Crippen molar-refractivity contribution in [1.29, 1.82) is 0 Å². The number of nitrogens with zero attached hydrogens (tertiary/aromatic N) is 4. The van der Waals surface area contributed by atoms with E-state index in [1.165, 1.54) is 12.8 Å². The molecule has 1 aromatic rings. The van der Waals surface area contributed by atoms with Gasteiger partial charge in [0.05, 0.1) is 12.5 Å². The van der Waals surface area contributed by atoms with Gasteiger partial charge in [-0.05, 0) is 41.0 Å². The lowest BCUT2D eigenvalue weighted by atomic mass is 9.87. The van der Waals surface area contributed by atoms with Gasteiger partial charge < -0.3 is 5.11 Å². The summed E-state index contributed by atoms with van der Waals surface area (Å²) in [5.41, 5.74) is 0.0446. The number of rotatable bonds is 6. The van der Waals surface area contributed by atoms with Gasteiger partial charge in [0.1, 0.15) is 0 Å². The van der Waals surface area contributed by atoms with Crippen molar-refractivity contribution in [3.63, 3.8) is 0 Å². The molecule has 1 saturated carbocycles. The van der Waals surface area contributed by atoms with Gasteiger partial charge in [0.2, 0.25) is 0 Å². The molecule has 1 atom stereocenters. The third-order valence-electron chi connectivity index (χ3n) is 3.33. The van der Waals surface area contributed by atoms with Gasteiger partial charge in [0.15, 0.2) is 5.82 Å². The lowest BCUT2D eigenvalue weighted by molar-refractivity contribution is -0.138. The van der Waals surface area contributed by atoms with Crippen molar-refractivity contribution in [2.75, 3.05) is 0 Å². The molecule has 1 aromatic heterocycles. The summed E-state index contributed by atoms with van der Waals surface area (Å²) in [5.74, 6) is 0.713. The average molecular weight is 266 g/mol. The molecule has 1 heterocycles. The molecule has 0 radical (unpaired) electrons. The summed E-state index contributed by atoms with van der Waals surface area (Å²) in [6.45, 7) is 6.31. The van der Waals surface area contributed by atoms with Crippen LogP contribution in [0.3, 0.4) is 0 Å². The fourth-order valence-electron chi connectivity index (χ4n) is 2.36. The molecule has 2 rings (SSSR count). The van der Waals surface area contributed by atoms with Crippen molar-refractivity contribution < 1.29 is 9.90 Å². The van der Waals surface area contributed by atoms with Crippen molar-refractivity contribution >= 4 is 5.97 Å². The van der Waals surface area contributed by atoms with E-state index in [0.717, 1.165) is 18.7 Å². The molecule has 1 aliphatic carbocycles. The van der Waals surface area contributed by atoms with Gasteiger partial charge in [0.25, 0.3) is 0 Å². The van der Waals surface area contributed by atoms with Gasteiger partial charge in [-0.1, -0.05) is 20.8 Å². The van der Waals surface area contributed by atoms with Crippen LogP contribution in [-0.2, 0) is 11.2 Å². The topological polar surface area (TPSA) is 80.9 Å². The van der Waals surface area contributed by atoms with Crippen LogP contribution in [0.1, 0.15) is 58.3 Å². The van der Waals surface area contributed by atoms with Crippen molar-refractivity contribution in [3.05, 3.63) is 5.82 Å². The zero-order valence-corrected chi connectivity index (χ0v) is 11.8. The van der Waals surface area contributed by atoms with E-state index in [4.69, 9.17) is 5.11 Å². The lowest BCUT2D eigenvalue weighted by Crippen LogP contribution is -2.23. The van der Waals surface area contributed by atoms with Gasteiger partial charge >= 0.3 is 5.97 Å². The zero-order valence-electron chi connectivity index (χ0n) is 11.8. The number of carboxylic acids is 1. The molecule has 1 unspecified atom stereocenters. The molecule has 0 aromatic carbocycles. The molecule has 6 heteroatoms. The third-order valence-corrected chi connectivity index (χ3v) is 3.33. The summed E-state index contributed by atoms with van der Waals surface area (Å²) in [5, 5.41) is 20.9. The molecule has 1 fully saturated rings. The maximum absolute atomic E-state index is 11.1. The molecular weight excluding hydrogens is 244 g/mol. The average Bonchev–Trinajstić information content (AvgIpc) is 2.91. The van der Waals surface area contributed by atoms with E-state index in [0.29, 0.717) is 5.92 Å². The Hall–Kier alpha value is -1.46. The van der Waals surface area contributed by atoms with Crippen LogP contribution in [0.25, 0.3) is 0 Å². The van der Waals surface area contributed by atoms with Gasteiger partial charge in [-0.15, -0.1) is 5.10 Å². The van der Waals surface area contributed by atoms with Crippen molar-refractivity contribution in [3.8, 4) is 0 Å². The Balaban J connectivity index is 2.15. The van der Waals surface area contributed by atoms with Crippen LogP contribution < -0.4 is 0 Å². The molecule has 6 nitrogen and oxygen atoms in total. The van der Waals surface area contributed by atoms with Crippen LogP contribution in [-0.4, -0.2) is 31.3 Å². The maximum Gasteiger partial charge on any atom is 0.305 e. The van der Waals surface area contributed by atoms with Crippen LogP contribution in [0.4, 0.5) is 0 Å². The van der Waals surface area contributed by atoms with Crippen LogP contribution in [0, 0.1) is 11.3 Å². The molecule has 0 amide bonds. The van der Waals surface area contributed by atoms with Gasteiger partial charge in [0, 0.05) is 6.42 Å². The molecule has 0 spiro atoms. The molecule has 19 heavy (non-hydrogen) atoms. The predicted molar refractivity (Wildman–Crippen MR) is 69.6 cm³/mol. The molecule has 1 N–H and O–H groups in total. The first-order valence-corrected chi connectivity index (χ1v) is 6.84. The Morgan fingerprint density at radius 1 is 1.47 bits per heavy atom. The van der Waals surface area contributed by atoms with E-state index in [2.05, 4.69) is 36.3 Å². The zero-order chi connectivity index (χ0) is 14.0. The number of carboxylic acid groups (broad SMARTS) is 1. The second kappa shape index (κ2) is 5.27. The summed E-state index contributed by atoms with van der Waals surface area (Å²) in [7, 11) is 0. The number of hydrogen-bond acceptors (Lipinski definition) is 4. The second-order valence-corrected chi connectivity index (χ2v) is 6.70. The monoisotopic (exact) mass is 266 g/mol. The second-order valence-electron chi connectivity index (χ2n) is 6.70. The van der Waals surface area contributed by atoms with Gasteiger partial charge in [-0.25, -0.2) is 4.68 Å². The Labute approximate surface area is 113 Å². The van der Waals surface area contributed by atoms with Gasteiger partial charge in [-0.2, -0.15) is 0 Å². The maximum atomic E-state index is 11.1. The third kappa shape index (κ3) is 4.29. The standard InChI is InChI=1S/C13H22N4O2/c1-13(2,3)8-10(7-12(18)19)17-11(14-15-16-17)6-9-4-5-9/h9-10H,4-8H2,1-3H3,(H,18,19). The Bertz CT molecular complexity index is 446. The molecule has 106 valence electrons. The van der Waals surface area contributed by atoms with E-state index in [-0.39, 0.29) is 17.9 Å². The summed E-state index contributed by atoms with van der Waals surface area (Å²) < 4.78 is 1.73. The normalized spacial score (nSPS) is 17.4. The fourth-order valence-corrected chi connectivity index (χ4v) is 2.36. The fraction of sp³-hybridized carbons (Fsp3) is 0.846. The number of hydrogen-bond donors (Lipinski definition) is 1. The Morgan fingerprint density at radius 3 is 2.68 bits per heavy atom. The summed E-state index contributed by atoms with van der Waals surface area (Å²) in [6.07, 6.45) is 4.15. The highest BCUT2D eigenvalue weighted by atomic mass is 16.4. The quantitative estimate of drug-likeness (QED) is 0.852. The minimum atomic E-state index is -0.804. The van der Waals surface area contributed by atoms with Crippen molar-refractivity contribution in [2.45, 2.75) is 58.9 Å². The summed E-state index contributed by atoms with van der Waals surface area (Å²) in [4.78, 5) is 11.1. The highest BCUT2D eigenvalue weighted by Crippen LogP contribution is 2.34. The van der Waals surface area contributed by atoms with Crippen molar-refractivity contribution in [1.82, 2.24) is 20.2 Å². The molecule has 1 aliphatic rings. The molecule has 0 aliphatic heterocycles. The lowest BCUT2D eigenvalue weighted by Gasteiger charge is -2.25. The SMILES string of the molecule is CC(C)(C)CC(CC(=O)O)n1nnnc1CC1CC1. The van der Waals surface area contributed by atoms with E-state index >= 15 is 0 Å². The minimum Gasteiger partial charge on any atom is -0.481 e. The highest BCUT2D eigenvalue weighted by Gasteiger charge is 2.29. The first-order chi connectivity index (χ1) is 8.85. The summed E-state index contributed by atoms with van der Waals surface area (Å²) in [6, 6.07) is -0.166. The molecule has 0 bridgehead atoms. The van der Waals surface area contributed by atoms with Crippen LogP contribution in [0.5, 0.6) is 0 Å². The first kappa shape index (κ1) is 14.0. The minimum absolute atomic E-state index is 0.0446. The summed E-state index contributed by atoms with van der Waals surface area (Å²) >= 11 is 0. The van der Waals surface area contributed by atoms with E-state index < -0.39 is 5.97 Å². The Morgan fingerprint density at radius 2 is 2.16 bits per heavy atom. The number of tetrazole rings is 1. The molecular formula is C13H22N4O2. The van der Waals surface area contributed by atoms with E-state index in [1.54, 1.807) is 4.68 Å². The van der Waals surface area contributed by atoms with Gasteiger partial charge in [-0.3, -0.25) is 4.79 Å². The number of carbonyl (C=O) groups is 1. The number of aliphatic carboxylic acids is 1. The van der Waals surface area contributed by atoms with E-state index in [9.17, 15) is 4.79 Å². The highest BCUT2D eigenvalue weighted by molar-refractivity contribution is 5.67.